The van der Waals surface area contributed by atoms with E-state index in [1.54, 1.807) is 0 Å². The van der Waals surface area contributed by atoms with Crippen LogP contribution in [-0.4, -0.2) is 5.97 Å². The quantitative estimate of drug-likeness (QED) is 0.537. The Morgan fingerprint density at radius 3 is 2.42 bits per heavy atom. The van der Waals surface area contributed by atoms with E-state index in [0.717, 1.165) is 12.8 Å². The highest BCUT2D eigenvalue weighted by Crippen LogP contribution is 2.57. The minimum Gasteiger partial charge on any atom is -0.389 e. The van der Waals surface area contributed by atoms with E-state index in [9.17, 15) is 9.36 Å². The molecule has 0 fully saturated rings. The van der Waals surface area contributed by atoms with Crippen molar-refractivity contribution in [1.29, 1.82) is 0 Å². The van der Waals surface area contributed by atoms with E-state index in [1.165, 1.54) is 0 Å². The zero-order chi connectivity index (χ0) is 9.61. The molecule has 72 valence electrons. The predicted octanol–water partition coefficient (Wildman–Crippen LogP) is 3.70. The van der Waals surface area contributed by atoms with Gasteiger partial charge >= 0.3 is 12.0 Å². The van der Waals surface area contributed by atoms with Gasteiger partial charge < -0.3 is 4.52 Å². The van der Waals surface area contributed by atoms with E-state index in [-0.39, 0.29) is 6.42 Å². The van der Waals surface area contributed by atoms with Crippen LogP contribution < -0.4 is 0 Å². The Kier molecular flexibility index (Phi) is 5.98. The normalized spacial score (nSPS) is 11.2. The van der Waals surface area contributed by atoms with Crippen molar-refractivity contribution in [2.75, 3.05) is 0 Å². The van der Waals surface area contributed by atoms with Gasteiger partial charge in [-0.15, -0.1) is 0 Å². The third-order valence-corrected chi connectivity index (χ3v) is 2.02. The summed E-state index contributed by atoms with van der Waals surface area (Å²) >= 11 is 10.0. The number of carbonyl (C=O) groups is 1. The van der Waals surface area contributed by atoms with Gasteiger partial charge in [0.25, 0.3) is 0 Å². The Morgan fingerprint density at radius 1 is 1.42 bits per heavy atom. The van der Waals surface area contributed by atoms with E-state index >= 15 is 0 Å². The molecule has 0 N–H and O–H groups in total. The van der Waals surface area contributed by atoms with Crippen molar-refractivity contribution in [3.63, 3.8) is 0 Å². The van der Waals surface area contributed by atoms with Crippen LogP contribution in [0.15, 0.2) is 0 Å². The lowest BCUT2D eigenvalue weighted by Gasteiger charge is -2.03. The molecule has 0 rings (SSSR count). The molecule has 3 nitrogen and oxygen atoms in total. The number of unbranched alkanes of at least 4 members (excludes halogenated alkanes) is 2. The maximum Gasteiger partial charge on any atom is 0.430 e. The molecule has 0 amide bonds. The van der Waals surface area contributed by atoms with E-state index < -0.39 is 12.0 Å². The highest BCUT2D eigenvalue weighted by atomic mass is 35.9. The summed E-state index contributed by atoms with van der Waals surface area (Å²) in [5, 5.41) is 0. The van der Waals surface area contributed by atoms with Crippen molar-refractivity contribution in [3.05, 3.63) is 0 Å². The van der Waals surface area contributed by atoms with Crippen molar-refractivity contribution in [3.8, 4) is 0 Å². The number of hydrogen-bond acceptors (Lipinski definition) is 3. The summed E-state index contributed by atoms with van der Waals surface area (Å²) in [7, 11) is 0. The molecule has 0 aromatic heterocycles. The summed E-state index contributed by atoms with van der Waals surface area (Å²) in [6, 6.07) is 0. The van der Waals surface area contributed by atoms with Crippen molar-refractivity contribution in [2.24, 2.45) is 0 Å². The Hall–Kier alpha value is 0.280. The van der Waals surface area contributed by atoms with E-state index in [2.05, 4.69) is 4.52 Å². The second kappa shape index (κ2) is 5.85. The molecule has 6 heteroatoms. The van der Waals surface area contributed by atoms with Crippen LogP contribution in [0.1, 0.15) is 32.6 Å². The molecule has 12 heavy (non-hydrogen) atoms. The molecule has 0 atom stereocenters. The first kappa shape index (κ1) is 12.3. The first-order chi connectivity index (χ1) is 5.45. The third-order valence-electron chi connectivity index (χ3n) is 1.19. The van der Waals surface area contributed by atoms with Crippen LogP contribution in [0.25, 0.3) is 0 Å². The van der Waals surface area contributed by atoms with Crippen molar-refractivity contribution < 1.29 is 13.9 Å². The standard InChI is InChI=1S/C6H11Cl2O3P/c1-2-3-4-5-6(9)11-12(7,8)10/h2-5H2,1H3. The monoisotopic (exact) mass is 232 g/mol. The minimum atomic E-state index is -3.68. The van der Waals surface area contributed by atoms with Crippen LogP contribution in [-0.2, 0) is 13.9 Å². The number of carbonyl (C=O) groups excluding carboxylic acids is 1. The van der Waals surface area contributed by atoms with Gasteiger partial charge in [0.1, 0.15) is 0 Å². The lowest BCUT2D eigenvalue weighted by molar-refractivity contribution is -0.133. The van der Waals surface area contributed by atoms with E-state index in [0.29, 0.717) is 6.42 Å². The van der Waals surface area contributed by atoms with Gasteiger partial charge in [-0.05, 0) is 6.42 Å². The molecule has 0 unspecified atom stereocenters. The molecule has 0 aliphatic heterocycles. The average Bonchev–Trinajstić information content (AvgIpc) is 1.84. The third kappa shape index (κ3) is 8.38. The van der Waals surface area contributed by atoms with Crippen molar-refractivity contribution in [1.82, 2.24) is 0 Å². The summed E-state index contributed by atoms with van der Waals surface area (Å²) < 4.78 is 14.8. The number of halogens is 2. The van der Waals surface area contributed by atoms with E-state index in [4.69, 9.17) is 22.5 Å². The van der Waals surface area contributed by atoms with Crippen LogP contribution in [0.3, 0.4) is 0 Å². The van der Waals surface area contributed by atoms with Crippen molar-refractivity contribution >= 4 is 34.5 Å². The molecule has 0 saturated carbocycles. The molecule has 0 aromatic carbocycles. The molecule has 0 aliphatic rings. The Bertz CT molecular complexity index is 189. The van der Waals surface area contributed by atoms with Gasteiger partial charge in [0.05, 0.1) is 0 Å². The van der Waals surface area contributed by atoms with Gasteiger partial charge in [0, 0.05) is 28.9 Å². The van der Waals surface area contributed by atoms with Crippen molar-refractivity contribution in [2.45, 2.75) is 32.6 Å². The first-order valence-electron chi connectivity index (χ1n) is 3.67. The Morgan fingerprint density at radius 2 is 2.00 bits per heavy atom. The molecule has 0 saturated heterocycles. The van der Waals surface area contributed by atoms with E-state index in [1.807, 2.05) is 6.92 Å². The molecule has 0 aromatic rings. The molecule has 0 bridgehead atoms. The maximum absolute atomic E-state index is 10.8. The second-order valence-electron chi connectivity index (χ2n) is 2.33. The Balaban J connectivity index is 3.54. The van der Waals surface area contributed by atoms with Crippen LogP contribution in [0.4, 0.5) is 0 Å². The fourth-order valence-corrected chi connectivity index (χ4v) is 1.47. The highest BCUT2D eigenvalue weighted by molar-refractivity contribution is 8.05. The zero-order valence-corrected chi connectivity index (χ0v) is 9.16. The van der Waals surface area contributed by atoms with Gasteiger partial charge in [0.15, 0.2) is 0 Å². The highest BCUT2D eigenvalue weighted by Gasteiger charge is 2.19. The molecule has 0 aliphatic carbocycles. The van der Waals surface area contributed by atoms with Gasteiger partial charge in [-0.3, -0.25) is 4.79 Å². The zero-order valence-electron chi connectivity index (χ0n) is 6.76. The number of hydrogen-bond donors (Lipinski definition) is 0. The van der Waals surface area contributed by atoms with Gasteiger partial charge in [-0.1, -0.05) is 19.8 Å². The predicted molar refractivity (Wildman–Crippen MR) is 49.5 cm³/mol. The molecular formula is C6H11Cl2O3P. The largest absolute Gasteiger partial charge is 0.430 e. The summed E-state index contributed by atoms with van der Waals surface area (Å²) in [5.74, 6) is -0.600. The minimum absolute atomic E-state index is 0.220. The van der Waals surface area contributed by atoms with Crippen LogP contribution >= 0.6 is 28.6 Å². The van der Waals surface area contributed by atoms with Crippen LogP contribution in [0.5, 0.6) is 0 Å². The molecular weight excluding hydrogens is 222 g/mol. The molecule has 0 heterocycles. The topological polar surface area (TPSA) is 43.4 Å². The van der Waals surface area contributed by atoms with Gasteiger partial charge in [0.2, 0.25) is 0 Å². The Labute approximate surface area is 81.4 Å². The molecule has 0 radical (unpaired) electrons. The smallest absolute Gasteiger partial charge is 0.389 e. The SMILES string of the molecule is CCCCCC(=O)OP(=O)(Cl)Cl. The fourth-order valence-electron chi connectivity index (χ4n) is 0.684. The summed E-state index contributed by atoms with van der Waals surface area (Å²) in [5.41, 5.74) is 0. The lowest BCUT2D eigenvalue weighted by Crippen LogP contribution is -1.98. The van der Waals surface area contributed by atoms with Crippen LogP contribution in [0.2, 0.25) is 0 Å². The fraction of sp³-hybridized carbons (Fsp3) is 0.833. The first-order valence-corrected chi connectivity index (χ1v) is 7.11. The molecule has 0 spiro atoms. The second-order valence-corrected chi connectivity index (χ2v) is 6.54. The number of rotatable bonds is 5. The average molecular weight is 233 g/mol. The summed E-state index contributed by atoms with van der Waals surface area (Å²) in [6.45, 7) is 2.01. The summed E-state index contributed by atoms with van der Waals surface area (Å²) in [6.07, 6.45) is -0.804. The van der Waals surface area contributed by atoms with Crippen LogP contribution in [0, 0.1) is 0 Å². The summed E-state index contributed by atoms with van der Waals surface area (Å²) in [4.78, 5) is 10.8. The maximum atomic E-state index is 10.8. The van der Waals surface area contributed by atoms with Gasteiger partial charge in [-0.25, -0.2) is 4.57 Å². The van der Waals surface area contributed by atoms with Gasteiger partial charge in [-0.2, -0.15) is 0 Å². The lowest BCUT2D eigenvalue weighted by atomic mass is 10.2.